The summed E-state index contributed by atoms with van der Waals surface area (Å²) < 4.78 is 51.3. The summed E-state index contributed by atoms with van der Waals surface area (Å²) in [6, 6.07) is 16.0. The smallest absolute Gasteiger partial charge is 0.262 e. The van der Waals surface area contributed by atoms with Crippen LogP contribution in [0, 0.1) is 5.92 Å². The predicted molar refractivity (Wildman–Crippen MR) is 143 cm³/mol. The Kier molecular flexibility index (Phi) is 6.64. The molecule has 37 heavy (non-hydrogen) atoms. The molecule has 0 aromatic heterocycles. The molecule has 8 nitrogen and oxygen atoms in total. The van der Waals surface area contributed by atoms with Crippen molar-refractivity contribution in [1.29, 1.82) is 0 Å². The minimum absolute atomic E-state index is 0.0285. The molecule has 0 saturated carbocycles. The Balaban J connectivity index is 1.51. The highest BCUT2D eigenvalue weighted by Gasteiger charge is 2.40. The molecular weight excluding hydrogens is 492 g/mol. The van der Waals surface area contributed by atoms with Crippen LogP contribution in [0.2, 0.25) is 0 Å². The molecule has 3 aromatic carbocycles. The molecule has 1 aliphatic heterocycles. The van der Waals surface area contributed by atoms with Crippen LogP contribution in [-0.2, 0) is 10.0 Å². The zero-order valence-electron chi connectivity index (χ0n) is 21.1. The van der Waals surface area contributed by atoms with Gasteiger partial charge in [-0.3, -0.25) is 4.72 Å². The van der Waals surface area contributed by atoms with E-state index in [9.17, 15) is 8.42 Å². The predicted octanol–water partition coefficient (Wildman–Crippen LogP) is 5.35. The molecule has 0 radical (unpaired) electrons. The molecule has 0 amide bonds. The summed E-state index contributed by atoms with van der Waals surface area (Å²) in [5.41, 5.74) is 3.15. The molecule has 1 aliphatic carbocycles. The van der Waals surface area contributed by atoms with Gasteiger partial charge in [0.2, 0.25) is 0 Å². The SMILES string of the molecule is COc1ccc(OC)c(NS(=O)(=O)c2ccc3c(c2)[C@H]2C=CC[C@H]2[C@@H](c2cccc(OC)c2OC)N3)c1. The van der Waals surface area contributed by atoms with Crippen molar-refractivity contribution >= 4 is 21.4 Å². The maximum Gasteiger partial charge on any atom is 0.262 e. The number of methoxy groups -OCH3 is 4. The van der Waals surface area contributed by atoms with Crippen LogP contribution in [0.5, 0.6) is 23.0 Å². The number of rotatable bonds is 8. The molecular formula is C28H30N2O6S. The molecule has 0 unspecified atom stereocenters. The van der Waals surface area contributed by atoms with Gasteiger partial charge in [-0.05, 0) is 54.3 Å². The second kappa shape index (κ2) is 9.89. The molecule has 0 saturated heterocycles. The first kappa shape index (κ1) is 24.8. The average molecular weight is 523 g/mol. The van der Waals surface area contributed by atoms with Gasteiger partial charge in [0.15, 0.2) is 11.5 Å². The fourth-order valence-electron chi connectivity index (χ4n) is 5.30. The molecule has 194 valence electrons. The van der Waals surface area contributed by atoms with Gasteiger partial charge in [0.25, 0.3) is 10.0 Å². The van der Waals surface area contributed by atoms with Crippen LogP contribution >= 0.6 is 0 Å². The Morgan fingerprint density at radius 1 is 0.865 bits per heavy atom. The Morgan fingerprint density at radius 2 is 1.68 bits per heavy atom. The van der Waals surface area contributed by atoms with Crippen LogP contribution in [0.1, 0.15) is 29.5 Å². The molecule has 1 heterocycles. The first-order chi connectivity index (χ1) is 17.9. The topological polar surface area (TPSA) is 95.1 Å². The van der Waals surface area contributed by atoms with E-state index in [-0.39, 0.29) is 22.8 Å². The number of sulfonamides is 1. The second-order valence-corrected chi connectivity index (χ2v) is 10.7. The van der Waals surface area contributed by atoms with Crippen molar-refractivity contribution in [1.82, 2.24) is 0 Å². The Hall–Kier alpha value is -3.85. The lowest BCUT2D eigenvalue weighted by Crippen LogP contribution is -2.29. The number of anilines is 2. The fraction of sp³-hybridized carbons (Fsp3) is 0.286. The highest BCUT2D eigenvalue weighted by molar-refractivity contribution is 7.92. The Labute approximate surface area is 217 Å². The van der Waals surface area contributed by atoms with E-state index < -0.39 is 10.0 Å². The molecule has 5 rings (SSSR count). The molecule has 2 N–H and O–H groups in total. The fourth-order valence-corrected chi connectivity index (χ4v) is 6.40. The van der Waals surface area contributed by atoms with Crippen molar-refractivity contribution in [3.63, 3.8) is 0 Å². The Bertz CT molecular complexity index is 1450. The van der Waals surface area contributed by atoms with E-state index in [4.69, 9.17) is 18.9 Å². The number of benzene rings is 3. The number of ether oxygens (including phenoxy) is 4. The van der Waals surface area contributed by atoms with E-state index in [1.54, 1.807) is 44.6 Å². The number of para-hydroxylation sites is 1. The average Bonchev–Trinajstić information content (AvgIpc) is 3.42. The van der Waals surface area contributed by atoms with E-state index in [1.165, 1.54) is 14.2 Å². The maximum absolute atomic E-state index is 13.4. The van der Waals surface area contributed by atoms with Crippen molar-refractivity contribution in [2.45, 2.75) is 23.3 Å². The second-order valence-electron chi connectivity index (χ2n) is 8.98. The number of nitrogens with one attached hydrogen (secondary N) is 2. The molecule has 0 fully saturated rings. The number of allylic oxidation sites excluding steroid dienone is 2. The van der Waals surface area contributed by atoms with Gasteiger partial charge in [-0.1, -0.05) is 24.3 Å². The summed E-state index contributed by atoms with van der Waals surface area (Å²) in [4.78, 5) is 0.175. The zero-order chi connectivity index (χ0) is 26.2. The minimum atomic E-state index is -3.89. The van der Waals surface area contributed by atoms with Gasteiger partial charge in [0, 0.05) is 23.2 Å². The first-order valence-electron chi connectivity index (χ1n) is 11.9. The van der Waals surface area contributed by atoms with E-state index in [2.05, 4.69) is 22.2 Å². The maximum atomic E-state index is 13.4. The summed E-state index contributed by atoms with van der Waals surface area (Å²) in [7, 11) is 2.39. The zero-order valence-corrected chi connectivity index (χ0v) is 22.0. The summed E-state index contributed by atoms with van der Waals surface area (Å²) in [6.07, 6.45) is 5.18. The van der Waals surface area contributed by atoms with Gasteiger partial charge in [0.1, 0.15) is 11.5 Å². The van der Waals surface area contributed by atoms with Crippen molar-refractivity contribution in [3.05, 3.63) is 77.9 Å². The van der Waals surface area contributed by atoms with Crippen LogP contribution in [0.3, 0.4) is 0 Å². The van der Waals surface area contributed by atoms with Crippen LogP contribution in [0.15, 0.2) is 71.6 Å². The molecule has 9 heteroatoms. The third kappa shape index (κ3) is 4.44. The largest absolute Gasteiger partial charge is 0.497 e. The normalized spacial score (nSPS) is 19.8. The highest BCUT2D eigenvalue weighted by Crippen LogP contribution is 2.52. The lowest BCUT2D eigenvalue weighted by atomic mass is 9.77. The van der Waals surface area contributed by atoms with Gasteiger partial charge in [-0.2, -0.15) is 0 Å². The molecule has 3 aromatic rings. The van der Waals surface area contributed by atoms with E-state index in [1.807, 2.05) is 24.3 Å². The third-order valence-electron chi connectivity index (χ3n) is 7.06. The lowest BCUT2D eigenvalue weighted by molar-refractivity contribution is 0.341. The monoisotopic (exact) mass is 522 g/mol. The highest BCUT2D eigenvalue weighted by atomic mass is 32.2. The van der Waals surface area contributed by atoms with Gasteiger partial charge in [0.05, 0.1) is 45.1 Å². The van der Waals surface area contributed by atoms with Gasteiger partial charge in [-0.15, -0.1) is 0 Å². The van der Waals surface area contributed by atoms with Crippen molar-refractivity contribution in [2.75, 3.05) is 38.5 Å². The number of hydrogen-bond acceptors (Lipinski definition) is 7. The summed E-state index contributed by atoms with van der Waals surface area (Å²) in [5, 5.41) is 3.65. The van der Waals surface area contributed by atoms with E-state index >= 15 is 0 Å². The Morgan fingerprint density at radius 3 is 2.41 bits per heavy atom. The lowest BCUT2D eigenvalue weighted by Gasteiger charge is -2.38. The van der Waals surface area contributed by atoms with Crippen LogP contribution < -0.4 is 29.0 Å². The van der Waals surface area contributed by atoms with E-state index in [0.29, 0.717) is 28.7 Å². The molecule has 0 bridgehead atoms. The molecule has 3 atom stereocenters. The first-order valence-corrected chi connectivity index (χ1v) is 13.4. The minimum Gasteiger partial charge on any atom is -0.497 e. The summed E-state index contributed by atoms with van der Waals surface area (Å²) >= 11 is 0. The summed E-state index contributed by atoms with van der Waals surface area (Å²) in [5.74, 6) is 2.54. The van der Waals surface area contributed by atoms with Gasteiger partial charge < -0.3 is 24.3 Å². The van der Waals surface area contributed by atoms with Gasteiger partial charge >= 0.3 is 0 Å². The van der Waals surface area contributed by atoms with Crippen LogP contribution in [-0.4, -0.2) is 36.9 Å². The van der Waals surface area contributed by atoms with Crippen molar-refractivity contribution in [3.8, 4) is 23.0 Å². The van der Waals surface area contributed by atoms with Crippen LogP contribution in [0.25, 0.3) is 0 Å². The van der Waals surface area contributed by atoms with Crippen molar-refractivity contribution in [2.24, 2.45) is 5.92 Å². The third-order valence-corrected chi connectivity index (χ3v) is 8.43. The van der Waals surface area contributed by atoms with E-state index in [0.717, 1.165) is 23.2 Å². The number of hydrogen-bond donors (Lipinski definition) is 2. The standard InChI is InChI=1S/C28H30N2O6S/c1-33-17-11-14-25(34-2)24(15-17)30-37(31,32)18-12-13-23-22(16-18)19-7-5-8-20(19)27(29-23)21-9-6-10-26(35-3)28(21)36-4/h5-7,9-16,19-20,27,29-30H,8H2,1-4H3/t19-,20+,27-/m0/s1. The summed E-state index contributed by atoms with van der Waals surface area (Å²) in [6.45, 7) is 0. The van der Waals surface area contributed by atoms with Crippen LogP contribution in [0.4, 0.5) is 11.4 Å². The number of fused-ring (bicyclic) bond motifs is 3. The van der Waals surface area contributed by atoms with Crippen molar-refractivity contribution < 1.29 is 27.4 Å². The molecule has 0 spiro atoms. The quantitative estimate of drug-likeness (QED) is 0.385. The van der Waals surface area contributed by atoms with Gasteiger partial charge in [-0.25, -0.2) is 8.42 Å². The molecule has 2 aliphatic rings.